The van der Waals surface area contributed by atoms with Crippen molar-refractivity contribution in [2.24, 2.45) is 0 Å². The summed E-state index contributed by atoms with van der Waals surface area (Å²) in [7, 11) is 0. The third-order valence-corrected chi connectivity index (χ3v) is 2.79. The molecule has 0 unspecified atom stereocenters. The summed E-state index contributed by atoms with van der Waals surface area (Å²) in [6.45, 7) is 0. The number of aromatic hydroxyl groups is 1. The molecule has 0 bridgehead atoms. The molecule has 0 saturated carbocycles. The van der Waals surface area contributed by atoms with Crippen LogP contribution < -0.4 is 11.5 Å². The third kappa shape index (κ3) is 4.89. The van der Waals surface area contributed by atoms with E-state index in [2.05, 4.69) is 0 Å². The Kier molecular flexibility index (Phi) is 7.12. The molecule has 0 aromatic heterocycles. The lowest BCUT2D eigenvalue weighted by molar-refractivity contribution is 0.475. The molecule has 0 fully saturated rings. The molecule has 2 aromatic rings. The zero-order valence-electron chi connectivity index (χ0n) is 10.4. The number of nitrogens with two attached hydrogens (primary N) is 2. The Morgan fingerprint density at radius 3 is 2.05 bits per heavy atom. The Labute approximate surface area is 125 Å². The maximum absolute atomic E-state index is 9.18. The van der Waals surface area contributed by atoms with Gasteiger partial charge in [-0.15, -0.1) is 24.8 Å². The Bertz CT molecular complexity index is 515. The highest BCUT2D eigenvalue weighted by Crippen LogP contribution is 2.18. The highest BCUT2D eigenvalue weighted by Gasteiger charge is 2.01. The van der Waals surface area contributed by atoms with Crippen LogP contribution in [0, 0.1) is 0 Å². The van der Waals surface area contributed by atoms with Crippen molar-refractivity contribution >= 4 is 36.2 Å². The molecule has 0 aliphatic carbocycles. The molecule has 0 aliphatic rings. The second kappa shape index (κ2) is 7.77. The van der Waals surface area contributed by atoms with Crippen molar-refractivity contribution in [1.29, 1.82) is 0 Å². The summed E-state index contributed by atoms with van der Waals surface area (Å²) in [5.41, 5.74) is 15.2. The van der Waals surface area contributed by atoms with Crippen molar-refractivity contribution < 1.29 is 5.11 Å². The summed E-state index contributed by atoms with van der Waals surface area (Å²) in [4.78, 5) is 0. The molecule has 0 spiro atoms. The van der Waals surface area contributed by atoms with Crippen molar-refractivity contribution in [3.63, 3.8) is 0 Å². The van der Waals surface area contributed by atoms with Crippen LogP contribution >= 0.6 is 24.8 Å². The lowest BCUT2D eigenvalue weighted by Gasteiger charge is -2.06. The normalized spacial score (nSPS) is 9.26. The van der Waals surface area contributed by atoms with E-state index < -0.39 is 0 Å². The summed E-state index contributed by atoms with van der Waals surface area (Å²) in [6, 6.07) is 12.8. The molecule has 3 nitrogen and oxygen atoms in total. The highest BCUT2D eigenvalue weighted by atomic mass is 35.5. The molecule has 2 aromatic carbocycles. The smallest absolute Gasteiger partial charge is 0.115 e. The first-order valence-corrected chi connectivity index (χ1v) is 5.57. The molecule has 5 heteroatoms. The number of halogens is 2. The van der Waals surface area contributed by atoms with Gasteiger partial charge >= 0.3 is 0 Å². The van der Waals surface area contributed by atoms with Gasteiger partial charge in [-0.05, 0) is 48.2 Å². The molecule has 19 heavy (non-hydrogen) atoms. The van der Waals surface area contributed by atoms with Crippen LogP contribution in [-0.2, 0) is 12.8 Å². The van der Waals surface area contributed by atoms with E-state index in [1.807, 2.05) is 24.3 Å². The van der Waals surface area contributed by atoms with Gasteiger partial charge in [-0.3, -0.25) is 0 Å². The fraction of sp³-hybridized carbons (Fsp3) is 0.143. The summed E-state index contributed by atoms with van der Waals surface area (Å²) in [5, 5.41) is 9.18. The predicted molar refractivity (Wildman–Crippen MR) is 85.3 cm³/mol. The molecular weight excluding hydrogens is 283 g/mol. The fourth-order valence-electron chi connectivity index (χ4n) is 1.78. The van der Waals surface area contributed by atoms with Gasteiger partial charge in [0.2, 0.25) is 0 Å². The minimum atomic E-state index is 0. The SMILES string of the molecule is Cl.Cl.Nc1ccc(CCc2ccc(O)cc2)c(N)c1. The van der Waals surface area contributed by atoms with E-state index in [9.17, 15) is 5.11 Å². The van der Waals surface area contributed by atoms with Crippen molar-refractivity contribution in [3.8, 4) is 5.75 Å². The second-order valence-corrected chi connectivity index (χ2v) is 4.12. The van der Waals surface area contributed by atoms with Crippen LogP contribution in [0.25, 0.3) is 0 Å². The molecule has 2 rings (SSSR count). The van der Waals surface area contributed by atoms with Crippen LogP contribution in [0.3, 0.4) is 0 Å². The van der Waals surface area contributed by atoms with E-state index in [0.29, 0.717) is 11.4 Å². The highest BCUT2D eigenvalue weighted by molar-refractivity contribution is 5.85. The van der Waals surface area contributed by atoms with Gasteiger partial charge in [0.15, 0.2) is 0 Å². The molecule has 0 radical (unpaired) electrons. The number of benzene rings is 2. The zero-order valence-corrected chi connectivity index (χ0v) is 12.0. The lowest BCUT2D eigenvalue weighted by Crippen LogP contribution is -1.98. The van der Waals surface area contributed by atoms with Gasteiger partial charge in [0.25, 0.3) is 0 Å². The van der Waals surface area contributed by atoms with Crippen LogP contribution in [0.15, 0.2) is 42.5 Å². The summed E-state index contributed by atoms with van der Waals surface area (Å²) in [5.74, 6) is 0.292. The number of anilines is 2. The van der Waals surface area contributed by atoms with Crippen molar-refractivity contribution in [1.82, 2.24) is 0 Å². The van der Waals surface area contributed by atoms with E-state index in [-0.39, 0.29) is 24.8 Å². The standard InChI is InChI=1S/C14H16N2O.2ClH/c15-12-6-5-11(14(16)9-12)4-1-10-2-7-13(17)8-3-10;;/h2-3,5-9,17H,1,4,15-16H2;2*1H. The van der Waals surface area contributed by atoms with Crippen LogP contribution in [0.2, 0.25) is 0 Å². The largest absolute Gasteiger partial charge is 0.508 e. The Hall–Kier alpha value is -1.58. The van der Waals surface area contributed by atoms with E-state index in [1.54, 1.807) is 18.2 Å². The number of rotatable bonds is 3. The van der Waals surface area contributed by atoms with Gasteiger partial charge in [-0.25, -0.2) is 0 Å². The van der Waals surface area contributed by atoms with Gasteiger partial charge in [0.1, 0.15) is 5.75 Å². The number of phenols is 1. The number of hydrogen-bond acceptors (Lipinski definition) is 3. The number of nitrogen functional groups attached to an aromatic ring is 2. The minimum Gasteiger partial charge on any atom is -0.508 e. The van der Waals surface area contributed by atoms with E-state index in [4.69, 9.17) is 11.5 Å². The first-order chi connectivity index (χ1) is 8.15. The second-order valence-electron chi connectivity index (χ2n) is 4.12. The lowest BCUT2D eigenvalue weighted by atomic mass is 10.0. The van der Waals surface area contributed by atoms with Gasteiger partial charge in [-0.2, -0.15) is 0 Å². The Morgan fingerprint density at radius 2 is 1.47 bits per heavy atom. The Balaban J connectivity index is 0.00000162. The first kappa shape index (κ1) is 17.4. The molecule has 0 aliphatic heterocycles. The monoisotopic (exact) mass is 300 g/mol. The molecule has 0 heterocycles. The molecule has 5 N–H and O–H groups in total. The molecule has 0 amide bonds. The topological polar surface area (TPSA) is 72.3 Å². The quantitative estimate of drug-likeness (QED) is 0.762. The first-order valence-electron chi connectivity index (χ1n) is 5.57. The minimum absolute atomic E-state index is 0. The average molecular weight is 301 g/mol. The predicted octanol–water partition coefficient (Wildman–Crippen LogP) is 3.19. The van der Waals surface area contributed by atoms with Crippen LogP contribution in [0.1, 0.15) is 11.1 Å². The molecule has 0 atom stereocenters. The third-order valence-electron chi connectivity index (χ3n) is 2.79. The average Bonchev–Trinajstić information content (AvgIpc) is 2.30. The van der Waals surface area contributed by atoms with Gasteiger partial charge < -0.3 is 16.6 Å². The van der Waals surface area contributed by atoms with Gasteiger partial charge in [-0.1, -0.05) is 18.2 Å². The van der Waals surface area contributed by atoms with E-state index >= 15 is 0 Å². The van der Waals surface area contributed by atoms with Crippen molar-refractivity contribution in [3.05, 3.63) is 53.6 Å². The number of phenolic OH excluding ortho intramolecular Hbond substituents is 1. The molecule has 104 valence electrons. The summed E-state index contributed by atoms with van der Waals surface area (Å²) in [6.07, 6.45) is 1.77. The number of hydrogen-bond donors (Lipinski definition) is 3. The zero-order chi connectivity index (χ0) is 12.3. The van der Waals surface area contributed by atoms with Gasteiger partial charge in [0.05, 0.1) is 0 Å². The van der Waals surface area contributed by atoms with Crippen molar-refractivity contribution in [2.75, 3.05) is 11.5 Å². The molecular formula is C14H18Cl2N2O. The van der Waals surface area contributed by atoms with Crippen LogP contribution in [0.4, 0.5) is 11.4 Å². The van der Waals surface area contributed by atoms with Crippen LogP contribution in [-0.4, -0.2) is 5.11 Å². The summed E-state index contributed by atoms with van der Waals surface area (Å²) < 4.78 is 0. The maximum atomic E-state index is 9.18. The van der Waals surface area contributed by atoms with Gasteiger partial charge in [0, 0.05) is 11.4 Å². The summed E-state index contributed by atoms with van der Waals surface area (Å²) >= 11 is 0. The van der Waals surface area contributed by atoms with Crippen molar-refractivity contribution in [2.45, 2.75) is 12.8 Å². The maximum Gasteiger partial charge on any atom is 0.115 e. The van der Waals surface area contributed by atoms with Crippen LogP contribution in [0.5, 0.6) is 5.75 Å². The van der Waals surface area contributed by atoms with E-state index in [0.717, 1.165) is 24.1 Å². The number of aryl methyl sites for hydroxylation is 2. The Morgan fingerprint density at radius 1 is 0.842 bits per heavy atom. The fourth-order valence-corrected chi connectivity index (χ4v) is 1.78. The van der Waals surface area contributed by atoms with E-state index in [1.165, 1.54) is 5.56 Å². The molecule has 0 saturated heterocycles.